The Balaban J connectivity index is 1.46. The predicted octanol–water partition coefficient (Wildman–Crippen LogP) is 3.80. The Labute approximate surface area is 242 Å². The lowest BCUT2D eigenvalue weighted by Gasteiger charge is -2.34. The van der Waals surface area contributed by atoms with E-state index in [1.54, 1.807) is 29.2 Å². The minimum absolute atomic E-state index is 0.00889. The number of amides is 3. The SMILES string of the molecule is CCOc1ccc(NC(=O)[C@H]2[C@H]3C(=O)N(CCCCO)C(C(=O)Nc4c(C)cccc4C)C34CC(Br)[C@@H]2O4)cc1. The number of aryl methyl sites for hydroxylation is 2. The third-order valence-corrected chi connectivity index (χ3v) is 9.15. The summed E-state index contributed by atoms with van der Waals surface area (Å²) in [5.41, 5.74) is 1.99. The molecule has 3 aliphatic rings. The molecule has 0 saturated carbocycles. The largest absolute Gasteiger partial charge is 0.494 e. The number of nitrogens with zero attached hydrogens (tertiary/aromatic N) is 1. The van der Waals surface area contributed by atoms with Gasteiger partial charge in [-0.25, -0.2) is 0 Å². The number of aliphatic hydroxyl groups excluding tert-OH is 1. The molecule has 9 nitrogen and oxygen atoms in total. The zero-order valence-corrected chi connectivity index (χ0v) is 24.6. The number of rotatable bonds is 10. The van der Waals surface area contributed by atoms with E-state index in [2.05, 4.69) is 26.6 Å². The highest BCUT2D eigenvalue weighted by Crippen LogP contribution is 2.60. The summed E-state index contributed by atoms with van der Waals surface area (Å²) >= 11 is 3.70. The van der Waals surface area contributed by atoms with Gasteiger partial charge < -0.3 is 30.1 Å². The first kappa shape index (κ1) is 28.6. The lowest BCUT2D eigenvalue weighted by molar-refractivity contribution is -0.139. The standard InChI is InChI=1S/C30H36BrN3O6/c1-4-39-20-12-10-19(11-13-20)32-27(36)22-23-29(38)34(14-5-6-15-35)26(30(23)16-21(31)25(22)40-30)28(37)33-24-17(2)8-7-9-18(24)3/h7-13,21-23,25-26,35H,4-6,14-16H2,1-3H3,(H,32,36)(H,33,37)/t21?,22-,23-,25-,26?,30?/m0/s1. The summed E-state index contributed by atoms with van der Waals surface area (Å²) in [6.07, 6.45) is 0.913. The minimum atomic E-state index is -1.14. The van der Waals surface area contributed by atoms with Crippen molar-refractivity contribution >= 4 is 45.0 Å². The molecule has 3 aliphatic heterocycles. The van der Waals surface area contributed by atoms with Crippen LogP contribution in [0.3, 0.4) is 0 Å². The summed E-state index contributed by atoms with van der Waals surface area (Å²) in [5, 5.41) is 15.4. The van der Waals surface area contributed by atoms with Gasteiger partial charge in [-0.3, -0.25) is 14.4 Å². The lowest BCUT2D eigenvalue weighted by Crippen LogP contribution is -2.54. The number of halogens is 1. The minimum Gasteiger partial charge on any atom is -0.494 e. The molecule has 2 bridgehead atoms. The van der Waals surface area contributed by atoms with E-state index in [1.807, 2.05) is 39.0 Å². The van der Waals surface area contributed by atoms with Crippen molar-refractivity contribution in [3.8, 4) is 5.75 Å². The predicted molar refractivity (Wildman–Crippen MR) is 155 cm³/mol. The molecule has 5 rings (SSSR count). The third-order valence-electron chi connectivity index (χ3n) is 8.31. The van der Waals surface area contributed by atoms with Crippen LogP contribution in [-0.2, 0) is 19.1 Å². The van der Waals surface area contributed by atoms with Gasteiger partial charge in [0.25, 0.3) is 0 Å². The van der Waals surface area contributed by atoms with Crippen LogP contribution in [0.2, 0.25) is 0 Å². The average Bonchev–Trinajstić information content (AvgIpc) is 3.51. The van der Waals surface area contributed by atoms with Crippen LogP contribution in [0.25, 0.3) is 0 Å². The van der Waals surface area contributed by atoms with Crippen LogP contribution in [-0.4, -0.2) is 70.1 Å². The normalized spacial score (nSPS) is 28.5. The molecule has 3 fully saturated rings. The fourth-order valence-electron chi connectivity index (χ4n) is 6.59. The number of anilines is 2. The van der Waals surface area contributed by atoms with Crippen molar-refractivity contribution in [1.82, 2.24) is 4.90 Å². The number of carbonyl (C=O) groups excluding carboxylic acids is 3. The molecule has 3 unspecified atom stereocenters. The first-order valence-electron chi connectivity index (χ1n) is 13.9. The summed E-state index contributed by atoms with van der Waals surface area (Å²) in [5.74, 6) is -1.76. The maximum Gasteiger partial charge on any atom is 0.250 e. The molecule has 0 aliphatic carbocycles. The van der Waals surface area contributed by atoms with E-state index in [0.29, 0.717) is 43.0 Å². The molecule has 0 aromatic heterocycles. The van der Waals surface area contributed by atoms with E-state index in [1.165, 1.54) is 0 Å². The number of aliphatic hydroxyl groups is 1. The quantitative estimate of drug-likeness (QED) is 0.277. The summed E-state index contributed by atoms with van der Waals surface area (Å²) < 4.78 is 12.0. The maximum atomic E-state index is 14.0. The van der Waals surface area contributed by atoms with Crippen molar-refractivity contribution in [1.29, 1.82) is 0 Å². The topological polar surface area (TPSA) is 117 Å². The van der Waals surface area contributed by atoms with Crippen molar-refractivity contribution < 1.29 is 29.0 Å². The molecule has 2 aromatic carbocycles. The number of carbonyl (C=O) groups is 3. The molecular formula is C30H36BrN3O6. The van der Waals surface area contributed by atoms with E-state index < -0.39 is 29.6 Å². The molecule has 214 valence electrons. The van der Waals surface area contributed by atoms with Gasteiger partial charge in [-0.2, -0.15) is 0 Å². The first-order valence-corrected chi connectivity index (χ1v) is 14.8. The Morgan fingerprint density at radius 3 is 2.45 bits per heavy atom. The number of likely N-dealkylation sites (tertiary alicyclic amines) is 1. The van der Waals surface area contributed by atoms with Gasteiger partial charge in [0, 0.05) is 29.4 Å². The van der Waals surface area contributed by atoms with Crippen LogP contribution in [0.1, 0.15) is 37.3 Å². The number of hydrogen-bond acceptors (Lipinski definition) is 6. The second-order valence-corrected chi connectivity index (χ2v) is 12.0. The molecule has 3 amide bonds. The van der Waals surface area contributed by atoms with E-state index in [-0.39, 0.29) is 35.7 Å². The summed E-state index contributed by atoms with van der Waals surface area (Å²) in [4.78, 5) is 43.2. The van der Waals surface area contributed by atoms with Crippen molar-refractivity contribution in [2.45, 2.75) is 62.6 Å². The van der Waals surface area contributed by atoms with Crippen LogP contribution in [0.4, 0.5) is 11.4 Å². The number of unbranched alkanes of at least 4 members (excludes halogenated alkanes) is 1. The van der Waals surface area contributed by atoms with Crippen LogP contribution < -0.4 is 15.4 Å². The van der Waals surface area contributed by atoms with Crippen molar-refractivity contribution in [2.75, 3.05) is 30.4 Å². The Hall–Kier alpha value is -2.95. The number of para-hydroxylation sites is 1. The van der Waals surface area contributed by atoms with Crippen molar-refractivity contribution in [3.05, 3.63) is 53.6 Å². The monoisotopic (exact) mass is 613 g/mol. The van der Waals surface area contributed by atoms with Crippen LogP contribution in [0, 0.1) is 25.7 Å². The second kappa shape index (κ2) is 11.5. The number of nitrogens with one attached hydrogen (secondary N) is 2. The molecule has 3 heterocycles. The fourth-order valence-corrected chi connectivity index (χ4v) is 7.54. The number of benzene rings is 2. The average molecular weight is 615 g/mol. The van der Waals surface area contributed by atoms with Gasteiger partial charge in [-0.05, 0) is 75.4 Å². The molecule has 3 saturated heterocycles. The van der Waals surface area contributed by atoms with E-state index in [9.17, 15) is 19.5 Å². The Morgan fingerprint density at radius 1 is 1.10 bits per heavy atom. The van der Waals surface area contributed by atoms with Gasteiger partial charge in [0.15, 0.2) is 0 Å². The Bertz CT molecular complexity index is 1270. The number of hydrogen-bond donors (Lipinski definition) is 3. The Kier molecular flexibility index (Phi) is 8.22. The van der Waals surface area contributed by atoms with Gasteiger partial charge in [0.2, 0.25) is 17.7 Å². The highest BCUT2D eigenvalue weighted by Gasteiger charge is 2.76. The van der Waals surface area contributed by atoms with Gasteiger partial charge >= 0.3 is 0 Å². The van der Waals surface area contributed by atoms with E-state index in [0.717, 1.165) is 11.1 Å². The molecule has 0 radical (unpaired) electrons. The molecule has 40 heavy (non-hydrogen) atoms. The number of fused-ring (bicyclic) bond motifs is 1. The zero-order valence-electron chi connectivity index (χ0n) is 23.0. The van der Waals surface area contributed by atoms with Crippen molar-refractivity contribution in [3.63, 3.8) is 0 Å². The Morgan fingerprint density at radius 2 is 1.80 bits per heavy atom. The van der Waals surface area contributed by atoms with E-state index in [4.69, 9.17) is 9.47 Å². The van der Waals surface area contributed by atoms with Gasteiger partial charge in [-0.1, -0.05) is 34.1 Å². The summed E-state index contributed by atoms with van der Waals surface area (Å²) in [6, 6.07) is 12.0. The first-order chi connectivity index (χ1) is 19.2. The summed E-state index contributed by atoms with van der Waals surface area (Å²) in [7, 11) is 0. The van der Waals surface area contributed by atoms with Gasteiger partial charge in [0.05, 0.1) is 24.5 Å². The molecule has 2 aromatic rings. The third kappa shape index (κ3) is 4.90. The van der Waals surface area contributed by atoms with Crippen LogP contribution in [0.15, 0.2) is 42.5 Å². The number of ether oxygens (including phenoxy) is 2. The van der Waals surface area contributed by atoms with Crippen LogP contribution in [0.5, 0.6) is 5.75 Å². The molecule has 6 atom stereocenters. The van der Waals surface area contributed by atoms with E-state index >= 15 is 0 Å². The van der Waals surface area contributed by atoms with Crippen molar-refractivity contribution in [2.24, 2.45) is 11.8 Å². The lowest BCUT2D eigenvalue weighted by atomic mass is 9.70. The fraction of sp³-hybridized carbons (Fsp3) is 0.500. The molecule has 10 heteroatoms. The highest BCUT2D eigenvalue weighted by atomic mass is 79.9. The smallest absolute Gasteiger partial charge is 0.250 e. The molecule has 3 N–H and O–H groups in total. The van der Waals surface area contributed by atoms with Gasteiger partial charge in [-0.15, -0.1) is 0 Å². The zero-order chi connectivity index (χ0) is 28.6. The molecular weight excluding hydrogens is 578 g/mol. The second-order valence-electron chi connectivity index (χ2n) is 10.8. The van der Waals surface area contributed by atoms with Crippen LogP contribution >= 0.6 is 15.9 Å². The molecule has 1 spiro atoms. The number of alkyl halides is 1. The maximum absolute atomic E-state index is 14.0. The summed E-state index contributed by atoms with van der Waals surface area (Å²) in [6.45, 7) is 6.57. The highest BCUT2D eigenvalue weighted by molar-refractivity contribution is 9.09. The van der Waals surface area contributed by atoms with Gasteiger partial charge in [0.1, 0.15) is 17.4 Å².